The van der Waals surface area contributed by atoms with Gasteiger partial charge in [0.1, 0.15) is 0 Å². The number of amides is 2. The van der Waals surface area contributed by atoms with E-state index in [0.29, 0.717) is 12.8 Å². The number of hydrogen-bond acceptors (Lipinski definition) is 2. The van der Waals surface area contributed by atoms with Crippen molar-refractivity contribution < 1.29 is 23.5 Å². The Bertz CT molecular complexity index is 311. The van der Waals surface area contributed by atoms with Crippen LogP contribution in [0.3, 0.4) is 0 Å². The molecule has 1 aliphatic carbocycles. The zero-order valence-electron chi connectivity index (χ0n) is 10.0. The number of carbonyl (C=O) groups excluding carboxylic acids is 1. The normalized spacial score (nSPS) is 22.2. The quantitative estimate of drug-likeness (QED) is 0.705. The van der Waals surface area contributed by atoms with Gasteiger partial charge in [-0.25, -0.2) is 13.6 Å². The summed E-state index contributed by atoms with van der Waals surface area (Å²) in [4.78, 5) is 21.4. The molecule has 18 heavy (non-hydrogen) atoms. The van der Waals surface area contributed by atoms with Gasteiger partial charge in [0.05, 0.1) is 6.42 Å². The molecule has 0 saturated heterocycles. The van der Waals surface area contributed by atoms with Gasteiger partial charge < -0.3 is 15.7 Å². The third-order valence-corrected chi connectivity index (χ3v) is 3.04. The summed E-state index contributed by atoms with van der Waals surface area (Å²) in [7, 11) is 0. The van der Waals surface area contributed by atoms with Gasteiger partial charge in [-0.2, -0.15) is 0 Å². The van der Waals surface area contributed by atoms with Crippen molar-refractivity contribution in [2.24, 2.45) is 5.92 Å². The van der Waals surface area contributed by atoms with Crippen LogP contribution in [0.2, 0.25) is 0 Å². The van der Waals surface area contributed by atoms with Crippen LogP contribution in [0.25, 0.3) is 0 Å². The van der Waals surface area contributed by atoms with Crippen LogP contribution >= 0.6 is 0 Å². The third kappa shape index (κ3) is 4.85. The van der Waals surface area contributed by atoms with E-state index in [1.807, 2.05) is 0 Å². The smallest absolute Gasteiger partial charge is 0.314 e. The number of rotatable bonds is 5. The lowest BCUT2D eigenvalue weighted by Crippen LogP contribution is -2.44. The molecule has 5 nitrogen and oxygen atoms in total. The maximum Gasteiger partial charge on any atom is 0.314 e. The van der Waals surface area contributed by atoms with Gasteiger partial charge in [-0.3, -0.25) is 4.79 Å². The van der Waals surface area contributed by atoms with Crippen LogP contribution in [-0.4, -0.2) is 36.1 Å². The number of carboxylic acid groups (broad SMARTS) is 1. The molecule has 0 bridgehead atoms. The van der Waals surface area contributed by atoms with Gasteiger partial charge in [0, 0.05) is 25.4 Å². The second kappa shape index (κ2) is 6.51. The molecule has 104 valence electrons. The molecule has 0 aliphatic heterocycles. The van der Waals surface area contributed by atoms with Gasteiger partial charge in [-0.05, 0) is 12.8 Å². The van der Waals surface area contributed by atoms with E-state index < -0.39 is 23.8 Å². The Morgan fingerprint density at radius 3 is 2.61 bits per heavy atom. The summed E-state index contributed by atoms with van der Waals surface area (Å²) >= 11 is 0. The predicted molar refractivity (Wildman–Crippen MR) is 60.6 cm³/mol. The van der Waals surface area contributed by atoms with Gasteiger partial charge in [0.2, 0.25) is 0 Å². The molecule has 1 fully saturated rings. The van der Waals surface area contributed by atoms with Gasteiger partial charge in [0.15, 0.2) is 0 Å². The Balaban J connectivity index is 2.23. The van der Waals surface area contributed by atoms with Gasteiger partial charge in [0.25, 0.3) is 5.92 Å². The Morgan fingerprint density at radius 1 is 1.28 bits per heavy atom. The van der Waals surface area contributed by atoms with E-state index in [9.17, 15) is 18.4 Å². The maximum atomic E-state index is 13.4. The maximum absolute atomic E-state index is 13.4. The first-order chi connectivity index (χ1) is 8.42. The Morgan fingerprint density at radius 2 is 2.00 bits per heavy atom. The molecule has 0 aromatic heterocycles. The second-order valence-corrected chi connectivity index (χ2v) is 4.48. The summed E-state index contributed by atoms with van der Waals surface area (Å²) in [6.07, 6.45) is 1.37. The predicted octanol–water partition coefficient (Wildman–Crippen LogP) is 1.59. The molecule has 1 saturated carbocycles. The highest BCUT2D eigenvalue weighted by Gasteiger charge is 2.41. The van der Waals surface area contributed by atoms with Crippen molar-refractivity contribution >= 4 is 12.0 Å². The lowest BCUT2D eigenvalue weighted by atomic mass is 9.85. The van der Waals surface area contributed by atoms with Crippen LogP contribution in [0.1, 0.15) is 32.1 Å². The molecule has 1 atom stereocenters. The average Bonchev–Trinajstić information content (AvgIpc) is 2.26. The fourth-order valence-electron chi connectivity index (χ4n) is 1.98. The highest BCUT2D eigenvalue weighted by molar-refractivity contribution is 5.74. The molecule has 0 aromatic carbocycles. The van der Waals surface area contributed by atoms with E-state index in [-0.39, 0.29) is 25.9 Å². The zero-order valence-corrected chi connectivity index (χ0v) is 10.0. The molecular weight excluding hydrogens is 246 g/mol. The number of aliphatic carboxylic acids is 1. The summed E-state index contributed by atoms with van der Waals surface area (Å²) in [6.45, 7) is -0.0892. The minimum absolute atomic E-state index is 0.0117. The number of alkyl halides is 2. The van der Waals surface area contributed by atoms with Gasteiger partial charge >= 0.3 is 12.0 Å². The van der Waals surface area contributed by atoms with Gasteiger partial charge in [-0.1, -0.05) is 6.42 Å². The van der Waals surface area contributed by atoms with Crippen LogP contribution in [-0.2, 0) is 4.79 Å². The van der Waals surface area contributed by atoms with Crippen molar-refractivity contribution in [2.45, 2.75) is 38.0 Å². The summed E-state index contributed by atoms with van der Waals surface area (Å²) in [6, 6.07) is -0.599. The summed E-state index contributed by atoms with van der Waals surface area (Å²) in [5, 5.41) is 13.0. The molecule has 0 aromatic rings. The summed E-state index contributed by atoms with van der Waals surface area (Å²) in [5.74, 6) is -4.56. The number of hydrogen-bond donors (Lipinski definition) is 3. The van der Waals surface area contributed by atoms with Gasteiger partial charge in [-0.15, -0.1) is 0 Å². The van der Waals surface area contributed by atoms with Crippen LogP contribution in [0.4, 0.5) is 13.6 Å². The highest BCUT2D eigenvalue weighted by atomic mass is 19.3. The molecule has 2 amide bonds. The first kappa shape index (κ1) is 14.7. The van der Waals surface area contributed by atoms with Crippen molar-refractivity contribution in [1.29, 1.82) is 0 Å². The fraction of sp³-hybridized carbons (Fsp3) is 0.818. The molecule has 1 unspecified atom stereocenters. The van der Waals surface area contributed by atoms with Crippen molar-refractivity contribution in [2.75, 3.05) is 13.1 Å². The lowest BCUT2D eigenvalue weighted by molar-refractivity contribution is -0.136. The molecule has 3 N–H and O–H groups in total. The molecule has 0 spiro atoms. The lowest BCUT2D eigenvalue weighted by Gasteiger charge is -2.31. The fourth-order valence-corrected chi connectivity index (χ4v) is 1.98. The van der Waals surface area contributed by atoms with Crippen LogP contribution in [0.5, 0.6) is 0 Å². The van der Waals surface area contributed by atoms with Crippen molar-refractivity contribution in [3.8, 4) is 0 Å². The SMILES string of the molecule is O=C(O)CCNC(=O)NCC1CCCCC1(F)F. The first-order valence-corrected chi connectivity index (χ1v) is 6.03. The Kier molecular flexibility index (Phi) is 5.30. The number of carboxylic acids is 1. The van der Waals surface area contributed by atoms with Crippen molar-refractivity contribution in [3.63, 3.8) is 0 Å². The first-order valence-electron chi connectivity index (χ1n) is 6.03. The van der Waals surface area contributed by atoms with E-state index in [0.717, 1.165) is 6.42 Å². The molecule has 1 rings (SSSR count). The van der Waals surface area contributed by atoms with E-state index in [4.69, 9.17) is 5.11 Å². The molecule has 0 heterocycles. The van der Waals surface area contributed by atoms with E-state index in [1.54, 1.807) is 0 Å². The molecule has 1 aliphatic rings. The van der Waals surface area contributed by atoms with Crippen LogP contribution < -0.4 is 10.6 Å². The number of nitrogens with one attached hydrogen (secondary N) is 2. The Labute approximate surface area is 104 Å². The van der Waals surface area contributed by atoms with E-state index in [1.165, 1.54) is 0 Å². The number of halogens is 2. The molecular formula is C11H18F2N2O3. The van der Waals surface area contributed by atoms with Crippen LogP contribution in [0.15, 0.2) is 0 Å². The summed E-state index contributed by atoms with van der Waals surface area (Å²) < 4.78 is 26.9. The minimum Gasteiger partial charge on any atom is -0.481 e. The highest BCUT2D eigenvalue weighted by Crippen LogP contribution is 2.37. The standard InChI is InChI=1S/C11H18F2N2O3/c12-11(13)5-2-1-3-8(11)7-15-10(18)14-6-4-9(16)17/h8H,1-7H2,(H,16,17)(H2,14,15,18). The number of carbonyl (C=O) groups is 2. The monoisotopic (exact) mass is 264 g/mol. The Hall–Kier alpha value is -1.40. The van der Waals surface area contributed by atoms with E-state index in [2.05, 4.69) is 10.6 Å². The second-order valence-electron chi connectivity index (χ2n) is 4.48. The third-order valence-electron chi connectivity index (χ3n) is 3.04. The largest absolute Gasteiger partial charge is 0.481 e. The topological polar surface area (TPSA) is 78.4 Å². The minimum atomic E-state index is -2.72. The van der Waals surface area contributed by atoms with Crippen LogP contribution in [0, 0.1) is 5.92 Å². The average molecular weight is 264 g/mol. The number of urea groups is 1. The molecule has 0 radical (unpaired) electrons. The van der Waals surface area contributed by atoms with Crippen molar-refractivity contribution in [1.82, 2.24) is 10.6 Å². The molecule has 7 heteroatoms. The van der Waals surface area contributed by atoms with Crippen molar-refractivity contribution in [3.05, 3.63) is 0 Å². The zero-order chi connectivity index (χ0) is 13.6. The van der Waals surface area contributed by atoms with E-state index >= 15 is 0 Å². The summed E-state index contributed by atoms with van der Waals surface area (Å²) in [5.41, 5.74) is 0.